The van der Waals surface area contributed by atoms with Crippen molar-refractivity contribution in [1.29, 1.82) is 0 Å². The van der Waals surface area contributed by atoms with Crippen LogP contribution in [0.2, 0.25) is 0 Å². The van der Waals surface area contributed by atoms with Crippen LogP contribution in [-0.2, 0) is 13.0 Å². The Morgan fingerprint density at radius 3 is 2.25 bits per heavy atom. The number of nitrogens with zero attached hydrogens (tertiary/aromatic N) is 2. The van der Waals surface area contributed by atoms with Gasteiger partial charge in [-0.15, -0.1) is 0 Å². The first-order valence-corrected chi connectivity index (χ1v) is 9.49. The van der Waals surface area contributed by atoms with E-state index in [1.165, 1.54) is 11.1 Å². The van der Waals surface area contributed by atoms with E-state index in [1.54, 1.807) is 7.11 Å². The Morgan fingerprint density at radius 1 is 0.821 bits per heavy atom. The van der Waals surface area contributed by atoms with Crippen molar-refractivity contribution in [3.05, 3.63) is 83.9 Å². The average molecular weight is 369 g/mol. The monoisotopic (exact) mass is 369 g/mol. The van der Waals surface area contributed by atoms with Gasteiger partial charge in [0.2, 0.25) is 0 Å². The van der Waals surface area contributed by atoms with E-state index in [0.29, 0.717) is 12.4 Å². The Morgan fingerprint density at radius 2 is 1.54 bits per heavy atom. The second kappa shape index (κ2) is 8.09. The van der Waals surface area contributed by atoms with Crippen molar-refractivity contribution in [3.8, 4) is 17.1 Å². The molecule has 0 spiro atoms. The number of fused-ring (bicyclic) bond motifs is 1. The number of aryl methyl sites for hydroxylation is 1. The molecule has 0 amide bonds. The van der Waals surface area contributed by atoms with Crippen LogP contribution in [0.15, 0.2) is 72.8 Å². The van der Waals surface area contributed by atoms with Gasteiger partial charge in [-0.1, -0.05) is 43.3 Å². The zero-order valence-electron chi connectivity index (χ0n) is 16.1. The van der Waals surface area contributed by atoms with Crippen LogP contribution in [0.4, 0.5) is 5.82 Å². The van der Waals surface area contributed by atoms with Gasteiger partial charge >= 0.3 is 0 Å². The van der Waals surface area contributed by atoms with Gasteiger partial charge in [0.05, 0.1) is 12.6 Å². The van der Waals surface area contributed by atoms with E-state index in [9.17, 15) is 0 Å². The number of nitrogens with one attached hydrogen (secondary N) is 1. The third-order valence-corrected chi connectivity index (χ3v) is 4.84. The van der Waals surface area contributed by atoms with Crippen molar-refractivity contribution >= 4 is 16.7 Å². The third-order valence-electron chi connectivity index (χ3n) is 4.84. The lowest BCUT2D eigenvalue weighted by molar-refractivity contribution is 0.415. The molecule has 1 aromatic heterocycles. The van der Waals surface area contributed by atoms with Crippen LogP contribution in [0.25, 0.3) is 22.3 Å². The summed E-state index contributed by atoms with van der Waals surface area (Å²) in [4.78, 5) is 9.56. The van der Waals surface area contributed by atoms with Gasteiger partial charge in [0.25, 0.3) is 0 Å². The highest BCUT2D eigenvalue weighted by molar-refractivity contribution is 5.90. The number of hydrogen-bond donors (Lipinski definition) is 1. The molecular weight excluding hydrogens is 346 g/mol. The molecule has 0 unspecified atom stereocenters. The Bertz CT molecular complexity index is 1070. The maximum atomic E-state index is 5.25. The summed E-state index contributed by atoms with van der Waals surface area (Å²) in [6.45, 7) is 2.88. The molecule has 3 aromatic carbocycles. The first-order valence-electron chi connectivity index (χ1n) is 9.49. The molecule has 0 atom stereocenters. The van der Waals surface area contributed by atoms with E-state index >= 15 is 0 Å². The molecule has 0 saturated heterocycles. The highest BCUT2D eigenvalue weighted by Gasteiger charge is 2.09. The third kappa shape index (κ3) is 3.81. The number of ether oxygens (including phenoxy) is 1. The number of aromatic nitrogens is 2. The zero-order chi connectivity index (χ0) is 19.3. The smallest absolute Gasteiger partial charge is 0.162 e. The summed E-state index contributed by atoms with van der Waals surface area (Å²) in [7, 11) is 1.66. The highest BCUT2D eigenvalue weighted by atomic mass is 16.5. The fourth-order valence-electron chi connectivity index (χ4n) is 3.16. The molecule has 0 saturated carbocycles. The second-order valence-corrected chi connectivity index (χ2v) is 6.67. The lowest BCUT2D eigenvalue weighted by atomic mass is 10.1. The molecule has 0 fully saturated rings. The van der Waals surface area contributed by atoms with Gasteiger partial charge in [0.15, 0.2) is 5.82 Å². The van der Waals surface area contributed by atoms with E-state index in [-0.39, 0.29) is 0 Å². The highest BCUT2D eigenvalue weighted by Crippen LogP contribution is 2.26. The van der Waals surface area contributed by atoms with Crippen molar-refractivity contribution in [2.75, 3.05) is 12.4 Å². The van der Waals surface area contributed by atoms with E-state index in [2.05, 4.69) is 42.6 Å². The van der Waals surface area contributed by atoms with Crippen LogP contribution < -0.4 is 10.1 Å². The lowest BCUT2D eigenvalue weighted by Gasteiger charge is -2.12. The summed E-state index contributed by atoms with van der Waals surface area (Å²) in [5.74, 6) is 2.36. The second-order valence-electron chi connectivity index (χ2n) is 6.67. The van der Waals surface area contributed by atoms with Gasteiger partial charge < -0.3 is 10.1 Å². The van der Waals surface area contributed by atoms with Crippen molar-refractivity contribution in [2.45, 2.75) is 19.9 Å². The minimum Gasteiger partial charge on any atom is -0.497 e. The van der Waals surface area contributed by atoms with Gasteiger partial charge in [-0.25, -0.2) is 9.97 Å². The molecule has 140 valence electrons. The van der Waals surface area contributed by atoms with Crippen LogP contribution in [0.5, 0.6) is 5.75 Å². The molecule has 0 radical (unpaired) electrons. The Kier molecular flexibility index (Phi) is 5.20. The number of para-hydroxylation sites is 1. The largest absolute Gasteiger partial charge is 0.497 e. The molecule has 28 heavy (non-hydrogen) atoms. The summed E-state index contributed by atoms with van der Waals surface area (Å²) in [5, 5.41) is 4.52. The normalized spacial score (nSPS) is 10.8. The molecular formula is C24H23N3O. The van der Waals surface area contributed by atoms with Crippen molar-refractivity contribution < 1.29 is 4.74 Å². The quantitative estimate of drug-likeness (QED) is 0.489. The molecule has 4 heteroatoms. The minimum atomic E-state index is 0.699. The van der Waals surface area contributed by atoms with Crippen LogP contribution in [0.1, 0.15) is 18.1 Å². The first-order chi connectivity index (χ1) is 13.8. The number of hydrogen-bond acceptors (Lipinski definition) is 4. The van der Waals surface area contributed by atoms with E-state index in [4.69, 9.17) is 14.7 Å². The van der Waals surface area contributed by atoms with Crippen molar-refractivity contribution in [1.82, 2.24) is 9.97 Å². The molecule has 1 N–H and O–H groups in total. The van der Waals surface area contributed by atoms with Gasteiger partial charge in [0.1, 0.15) is 11.6 Å². The lowest BCUT2D eigenvalue weighted by Crippen LogP contribution is -2.04. The molecule has 4 aromatic rings. The van der Waals surface area contributed by atoms with E-state index in [0.717, 1.165) is 34.5 Å². The van der Waals surface area contributed by atoms with Gasteiger partial charge in [-0.3, -0.25) is 0 Å². The van der Waals surface area contributed by atoms with Crippen LogP contribution in [0, 0.1) is 0 Å². The molecule has 4 nitrogen and oxygen atoms in total. The Labute approximate surface area is 165 Å². The Hall–Kier alpha value is -3.40. The number of methoxy groups -OCH3 is 1. The van der Waals surface area contributed by atoms with E-state index in [1.807, 2.05) is 42.5 Å². The van der Waals surface area contributed by atoms with Crippen molar-refractivity contribution in [3.63, 3.8) is 0 Å². The maximum Gasteiger partial charge on any atom is 0.162 e. The molecule has 4 rings (SSSR count). The fraction of sp³-hybridized carbons (Fsp3) is 0.167. The SMILES string of the molecule is CCc1ccc(CNc2nc(-c3ccc(OC)cc3)nc3ccccc23)cc1. The standard InChI is InChI=1S/C24H23N3O/c1-3-17-8-10-18(11-9-17)16-25-24-21-6-4-5-7-22(21)26-23(27-24)19-12-14-20(28-2)15-13-19/h4-15H,3,16H2,1-2H3,(H,25,26,27). The summed E-state index contributed by atoms with van der Waals surface area (Å²) in [6, 6.07) is 24.6. The minimum absolute atomic E-state index is 0.699. The molecule has 0 aliphatic heterocycles. The zero-order valence-corrected chi connectivity index (χ0v) is 16.1. The summed E-state index contributed by atoms with van der Waals surface area (Å²) >= 11 is 0. The average Bonchev–Trinajstić information content (AvgIpc) is 2.77. The molecule has 0 bridgehead atoms. The number of rotatable bonds is 6. The fourth-order valence-corrected chi connectivity index (χ4v) is 3.16. The van der Waals surface area contributed by atoms with Crippen molar-refractivity contribution in [2.24, 2.45) is 0 Å². The van der Waals surface area contributed by atoms with E-state index < -0.39 is 0 Å². The summed E-state index contributed by atoms with van der Waals surface area (Å²) < 4.78 is 5.25. The van der Waals surface area contributed by atoms with Crippen LogP contribution >= 0.6 is 0 Å². The predicted octanol–water partition coefficient (Wildman–Crippen LogP) is 5.48. The maximum absolute atomic E-state index is 5.25. The first kappa shape index (κ1) is 18.0. The molecule has 1 heterocycles. The van der Waals surface area contributed by atoms with Gasteiger partial charge in [-0.2, -0.15) is 0 Å². The number of anilines is 1. The van der Waals surface area contributed by atoms with Crippen LogP contribution in [0.3, 0.4) is 0 Å². The summed E-state index contributed by atoms with van der Waals surface area (Å²) in [5.41, 5.74) is 4.46. The molecule has 0 aliphatic carbocycles. The Balaban J connectivity index is 1.67. The number of benzene rings is 3. The summed E-state index contributed by atoms with van der Waals surface area (Å²) in [6.07, 6.45) is 1.05. The van der Waals surface area contributed by atoms with Gasteiger partial charge in [-0.05, 0) is 53.9 Å². The van der Waals surface area contributed by atoms with Gasteiger partial charge in [0, 0.05) is 17.5 Å². The topological polar surface area (TPSA) is 47.0 Å². The van der Waals surface area contributed by atoms with Crippen LogP contribution in [-0.4, -0.2) is 17.1 Å². The molecule has 0 aliphatic rings. The predicted molar refractivity (Wildman–Crippen MR) is 115 cm³/mol.